The van der Waals surface area contributed by atoms with E-state index < -0.39 is 16.8 Å². The number of carboxylic acids is 1. The van der Waals surface area contributed by atoms with E-state index in [-0.39, 0.29) is 0 Å². The monoisotopic (exact) mass is 394 g/mol. The van der Waals surface area contributed by atoms with E-state index in [4.69, 9.17) is 4.74 Å². The summed E-state index contributed by atoms with van der Waals surface area (Å²) < 4.78 is 8.29. The van der Waals surface area contributed by atoms with Crippen LogP contribution >= 0.6 is 11.8 Å². The van der Waals surface area contributed by atoms with Gasteiger partial charge in [-0.3, -0.25) is 4.79 Å². The molecule has 2 aromatic carbocycles. The van der Waals surface area contributed by atoms with E-state index in [1.807, 2.05) is 72.3 Å². The molecule has 1 aromatic heterocycles. The maximum Gasteiger partial charge on any atom is 0.306 e. The van der Waals surface area contributed by atoms with Crippen LogP contribution in [0.2, 0.25) is 0 Å². The van der Waals surface area contributed by atoms with Gasteiger partial charge in [-0.2, -0.15) is 0 Å². The summed E-state index contributed by atoms with van der Waals surface area (Å²) in [6, 6.07) is 18.1. The Hall–Kier alpha value is -2.57. The number of nitrogens with zero attached hydrogens (tertiary/aromatic N) is 2. The van der Waals surface area contributed by atoms with E-state index in [2.05, 4.69) is 4.98 Å². The molecule has 5 nitrogen and oxygen atoms in total. The van der Waals surface area contributed by atoms with Gasteiger partial charge in [0.05, 0.1) is 5.92 Å². The third kappa shape index (κ3) is 3.70. The first kappa shape index (κ1) is 18.8. The Labute approximate surface area is 168 Å². The average Bonchev–Trinajstić information content (AvgIpc) is 3.15. The van der Waals surface area contributed by atoms with Crippen LogP contribution in [0.5, 0.6) is 0 Å². The Balaban J connectivity index is 1.70. The molecule has 0 amide bonds. The summed E-state index contributed by atoms with van der Waals surface area (Å²) in [7, 11) is 0. The molecule has 1 aliphatic rings. The van der Waals surface area contributed by atoms with Gasteiger partial charge in [0, 0.05) is 36.0 Å². The lowest BCUT2D eigenvalue weighted by atomic mass is 9.91. The van der Waals surface area contributed by atoms with Crippen molar-refractivity contribution in [2.24, 2.45) is 5.92 Å². The summed E-state index contributed by atoms with van der Waals surface area (Å²) in [6.45, 7) is 2.39. The molecule has 2 atom stereocenters. The Kier molecular flexibility index (Phi) is 5.24. The van der Waals surface area contributed by atoms with E-state index in [1.54, 1.807) is 18.0 Å². The predicted molar refractivity (Wildman–Crippen MR) is 109 cm³/mol. The normalized spacial score (nSPS) is 22.1. The van der Waals surface area contributed by atoms with Gasteiger partial charge in [0.25, 0.3) is 0 Å². The number of hydrogen-bond donors (Lipinski definition) is 1. The molecule has 0 bridgehead atoms. The van der Waals surface area contributed by atoms with Crippen molar-refractivity contribution in [3.8, 4) is 5.69 Å². The SMILES string of the molecule is Cc1nccn1-c1ccc(C2(Sc3ccccc3)CC(C(=O)O)CCO2)cc1. The van der Waals surface area contributed by atoms with Crippen LogP contribution in [0.3, 0.4) is 0 Å². The third-order valence-corrected chi connectivity index (χ3v) is 6.46. The van der Waals surface area contributed by atoms with E-state index in [1.165, 1.54) is 0 Å². The van der Waals surface area contributed by atoms with Crippen LogP contribution in [0.4, 0.5) is 0 Å². The highest BCUT2D eigenvalue weighted by Gasteiger charge is 2.42. The Bertz CT molecular complexity index is 955. The highest BCUT2D eigenvalue weighted by atomic mass is 32.2. The number of aliphatic carboxylic acids is 1. The highest BCUT2D eigenvalue weighted by Crippen LogP contribution is 2.50. The van der Waals surface area contributed by atoms with Crippen molar-refractivity contribution in [2.75, 3.05) is 6.61 Å². The van der Waals surface area contributed by atoms with Crippen molar-refractivity contribution in [3.63, 3.8) is 0 Å². The zero-order chi connectivity index (χ0) is 19.6. The Morgan fingerprint density at radius 1 is 1.21 bits per heavy atom. The lowest BCUT2D eigenvalue weighted by Crippen LogP contribution is -2.37. The van der Waals surface area contributed by atoms with Crippen molar-refractivity contribution in [1.29, 1.82) is 0 Å². The van der Waals surface area contributed by atoms with Gasteiger partial charge in [-0.15, -0.1) is 0 Å². The number of ether oxygens (including phenoxy) is 1. The summed E-state index contributed by atoms with van der Waals surface area (Å²) in [5.41, 5.74) is 2.00. The third-order valence-electron chi connectivity index (χ3n) is 5.10. The van der Waals surface area contributed by atoms with Crippen LogP contribution < -0.4 is 0 Å². The molecule has 3 aromatic rings. The Morgan fingerprint density at radius 2 is 1.96 bits per heavy atom. The first-order chi connectivity index (χ1) is 13.6. The molecule has 2 heterocycles. The van der Waals surface area contributed by atoms with Crippen LogP contribution in [-0.2, 0) is 14.5 Å². The molecule has 0 aliphatic carbocycles. The van der Waals surface area contributed by atoms with Crippen molar-refractivity contribution in [3.05, 3.63) is 78.4 Å². The summed E-state index contributed by atoms with van der Waals surface area (Å²) >= 11 is 1.59. The number of aryl methyl sites for hydroxylation is 1. The number of thioether (sulfide) groups is 1. The van der Waals surface area contributed by atoms with E-state index >= 15 is 0 Å². The van der Waals surface area contributed by atoms with Crippen LogP contribution in [-0.4, -0.2) is 27.2 Å². The minimum Gasteiger partial charge on any atom is -0.481 e. The number of imidazole rings is 1. The summed E-state index contributed by atoms with van der Waals surface area (Å²) in [5.74, 6) is -0.256. The maximum absolute atomic E-state index is 11.7. The molecule has 1 saturated heterocycles. The number of aromatic nitrogens is 2. The Morgan fingerprint density at radius 3 is 2.61 bits per heavy atom. The molecule has 4 rings (SSSR count). The molecule has 1 N–H and O–H groups in total. The zero-order valence-electron chi connectivity index (χ0n) is 15.6. The molecule has 0 saturated carbocycles. The standard InChI is InChI=1S/C22H22N2O3S/c1-16-23-12-13-24(16)19-9-7-18(8-10-19)22(28-20-5-3-2-4-6-20)15-17(21(25)26)11-14-27-22/h2-10,12-13,17H,11,14-15H2,1H3,(H,25,26). The molecule has 0 spiro atoms. The van der Waals surface area contributed by atoms with Gasteiger partial charge in [0.15, 0.2) is 0 Å². The van der Waals surface area contributed by atoms with Crippen molar-refractivity contribution < 1.29 is 14.6 Å². The van der Waals surface area contributed by atoms with Gasteiger partial charge < -0.3 is 14.4 Å². The van der Waals surface area contributed by atoms with Gasteiger partial charge in [-0.05, 0) is 43.2 Å². The maximum atomic E-state index is 11.7. The second-order valence-electron chi connectivity index (χ2n) is 6.94. The van der Waals surface area contributed by atoms with Gasteiger partial charge >= 0.3 is 5.97 Å². The molecule has 1 fully saturated rings. The molecule has 0 radical (unpaired) electrons. The predicted octanol–water partition coefficient (Wildman–Crippen LogP) is 4.64. The average molecular weight is 394 g/mol. The number of hydrogen-bond acceptors (Lipinski definition) is 4. The van der Waals surface area contributed by atoms with Crippen molar-refractivity contribution in [2.45, 2.75) is 29.6 Å². The number of rotatable bonds is 5. The second kappa shape index (κ2) is 7.81. The summed E-state index contributed by atoms with van der Waals surface area (Å²) in [5, 5.41) is 9.61. The lowest BCUT2D eigenvalue weighted by molar-refractivity contribution is -0.148. The van der Waals surface area contributed by atoms with Crippen molar-refractivity contribution >= 4 is 17.7 Å². The quantitative estimate of drug-likeness (QED) is 0.683. The smallest absolute Gasteiger partial charge is 0.306 e. The van der Waals surface area contributed by atoms with Gasteiger partial charge in [-0.25, -0.2) is 4.98 Å². The number of benzene rings is 2. The zero-order valence-corrected chi connectivity index (χ0v) is 16.4. The minimum absolute atomic E-state index is 0.416. The van der Waals surface area contributed by atoms with E-state index in [0.29, 0.717) is 19.4 Å². The minimum atomic E-state index is -0.757. The second-order valence-corrected chi connectivity index (χ2v) is 8.27. The lowest BCUT2D eigenvalue weighted by Gasteiger charge is -2.39. The molecular formula is C22H22N2O3S. The number of carboxylic acid groups (broad SMARTS) is 1. The van der Waals surface area contributed by atoms with Crippen LogP contribution in [0.25, 0.3) is 5.69 Å². The van der Waals surface area contributed by atoms with E-state index in [0.717, 1.165) is 22.0 Å². The molecule has 28 heavy (non-hydrogen) atoms. The first-order valence-corrected chi connectivity index (χ1v) is 10.1. The summed E-state index contributed by atoms with van der Waals surface area (Å²) in [6.07, 6.45) is 4.68. The fraction of sp³-hybridized carbons (Fsp3) is 0.273. The fourth-order valence-corrected chi connectivity index (χ4v) is 4.95. The molecule has 1 aliphatic heterocycles. The van der Waals surface area contributed by atoms with Gasteiger partial charge in [0.2, 0.25) is 0 Å². The highest BCUT2D eigenvalue weighted by molar-refractivity contribution is 8.00. The fourth-order valence-electron chi connectivity index (χ4n) is 3.60. The molecule has 144 valence electrons. The van der Waals surface area contributed by atoms with Crippen molar-refractivity contribution in [1.82, 2.24) is 9.55 Å². The number of carbonyl (C=O) groups is 1. The molecule has 2 unspecified atom stereocenters. The van der Waals surface area contributed by atoms with Crippen LogP contribution in [0.15, 0.2) is 71.9 Å². The summed E-state index contributed by atoms with van der Waals surface area (Å²) in [4.78, 5) is 16.3. The van der Waals surface area contributed by atoms with E-state index in [9.17, 15) is 9.90 Å². The topological polar surface area (TPSA) is 64.4 Å². The van der Waals surface area contributed by atoms with Gasteiger partial charge in [0.1, 0.15) is 10.8 Å². The first-order valence-electron chi connectivity index (χ1n) is 9.29. The van der Waals surface area contributed by atoms with Crippen LogP contribution in [0, 0.1) is 12.8 Å². The molecule has 6 heteroatoms. The molecular weight excluding hydrogens is 372 g/mol. The van der Waals surface area contributed by atoms with Gasteiger partial charge in [-0.1, -0.05) is 42.1 Å². The van der Waals surface area contributed by atoms with Crippen LogP contribution in [0.1, 0.15) is 24.2 Å². The largest absolute Gasteiger partial charge is 0.481 e.